The van der Waals surface area contributed by atoms with E-state index in [4.69, 9.17) is 5.73 Å². The fraction of sp³-hybridized carbons (Fsp3) is 0.286. The Morgan fingerprint density at radius 1 is 1.50 bits per heavy atom. The van der Waals surface area contributed by atoms with Crippen molar-refractivity contribution in [3.63, 3.8) is 0 Å². The van der Waals surface area contributed by atoms with Gasteiger partial charge >= 0.3 is 0 Å². The van der Waals surface area contributed by atoms with Crippen LogP contribution in [0.4, 0.5) is 8.78 Å². The van der Waals surface area contributed by atoms with Gasteiger partial charge in [0.15, 0.2) is 0 Å². The van der Waals surface area contributed by atoms with Crippen molar-refractivity contribution < 1.29 is 8.78 Å². The molecule has 0 bridgehead atoms. The molecular weight excluding hydrogens is 230 g/mol. The van der Waals surface area contributed by atoms with E-state index in [1.165, 1.54) is 12.1 Å². The lowest BCUT2D eigenvalue weighted by Gasteiger charge is -2.03. The molecule has 0 aliphatic heterocycles. The molecule has 1 heterocycles. The Bertz CT molecular complexity index is 278. The lowest BCUT2D eigenvalue weighted by molar-refractivity contribution is 0.146. The molecule has 0 atom stereocenters. The molecule has 0 saturated heterocycles. The SMILES string of the molecule is NCc1nc(C(F)F)ccc1Br. The van der Waals surface area contributed by atoms with Gasteiger partial charge in [-0.05, 0) is 28.1 Å². The normalized spacial score (nSPS) is 10.8. The van der Waals surface area contributed by atoms with Gasteiger partial charge in [0.1, 0.15) is 5.69 Å². The lowest BCUT2D eigenvalue weighted by Crippen LogP contribution is -2.03. The van der Waals surface area contributed by atoms with Crippen LogP contribution < -0.4 is 5.73 Å². The molecular formula is C7H7BrF2N2. The summed E-state index contributed by atoms with van der Waals surface area (Å²) in [7, 11) is 0. The topological polar surface area (TPSA) is 38.9 Å². The van der Waals surface area contributed by atoms with Gasteiger partial charge in [-0.2, -0.15) is 0 Å². The quantitative estimate of drug-likeness (QED) is 0.856. The molecule has 12 heavy (non-hydrogen) atoms. The van der Waals surface area contributed by atoms with Crippen molar-refractivity contribution in [1.29, 1.82) is 0 Å². The van der Waals surface area contributed by atoms with Crippen molar-refractivity contribution in [2.24, 2.45) is 5.73 Å². The Kier molecular flexibility index (Phi) is 3.11. The van der Waals surface area contributed by atoms with Crippen LogP contribution in [0, 0.1) is 0 Å². The largest absolute Gasteiger partial charge is 0.325 e. The van der Waals surface area contributed by atoms with Crippen LogP contribution in [0.1, 0.15) is 17.8 Å². The third-order valence-electron chi connectivity index (χ3n) is 1.36. The molecule has 0 aromatic carbocycles. The van der Waals surface area contributed by atoms with Crippen LogP contribution in [0.5, 0.6) is 0 Å². The third kappa shape index (κ3) is 1.98. The Morgan fingerprint density at radius 3 is 2.67 bits per heavy atom. The van der Waals surface area contributed by atoms with E-state index in [9.17, 15) is 8.78 Å². The molecule has 1 rings (SSSR count). The molecule has 0 aliphatic carbocycles. The number of rotatable bonds is 2. The molecule has 66 valence electrons. The average Bonchev–Trinajstić information content (AvgIpc) is 2.05. The second-order valence-corrected chi connectivity index (χ2v) is 3.02. The molecule has 1 aromatic rings. The van der Waals surface area contributed by atoms with E-state index in [-0.39, 0.29) is 12.2 Å². The van der Waals surface area contributed by atoms with E-state index in [2.05, 4.69) is 20.9 Å². The zero-order valence-electron chi connectivity index (χ0n) is 6.10. The Hall–Kier alpha value is -0.550. The molecule has 0 saturated carbocycles. The summed E-state index contributed by atoms with van der Waals surface area (Å²) >= 11 is 3.15. The Labute approximate surface area is 76.9 Å². The highest BCUT2D eigenvalue weighted by atomic mass is 79.9. The molecule has 5 heteroatoms. The highest BCUT2D eigenvalue weighted by molar-refractivity contribution is 9.10. The first-order chi connectivity index (χ1) is 5.65. The van der Waals surface area contributed by atoms with Gasteiger partial charge < -0.3 is 5.73 Å². The van der Waals surface area contributed by atoms with Gasteiger partial charge in [0.25, 0.3) is 6.43 Å². The van der Waals surface area contributed by atoms with E-state index in [1.807, 2.05) is 0 Å². The number of pyridine rings is 1. The smallest absolute Gasteiger partial charge is 0.280 e. The first-order valence-electron chi connectivity index (χ1n) is 3.28. The van der Waals surface area contributed by atoms with Crippen LogP contribution >= 0.6 is 15.9 Å². The minimum Gasteiger partial charge on any atom is -0.325 e. The number of hydrogen-bond acceptors (Lipinski definition) is 2. The fourth-order valence-electron chi connectivity index (χ4n) is 0.766. The predicted octanol–water partition coefficient (Wildman–Crippen LogP) is 2.24. The van der Waals surface area contributed by atoms with Crippen molar-refractivity contribution in [2.45, 2.75) is 13.0 Å². The Morgan fingerprint density at radius 2 is 2.17 bits per heavy atom. The summed E-state index contributed by atoms with van der Waals surface area (Å²) in [5.74, 6) is 0. The summed E-state index contributed by atoms with van der Waals surface area (Å²) in [5, 5.41) is 0. The fourth-order valence-corrected chi connectivity index (χ4v) is 1.15. The molecule has 0 amide bonds. The number of nitrogens with two attached hydrogens (primary N) is 1. The predicted molar refractivity (Wildman–Crippen MR) is 44.8 cm³/mol. The maximum Gasteiger partial charge on any atom is 0.280 e. The van der Waals surface area contributed by atoms with E-state index < -0.39 is 6.43 Å². The van der Waals surface area contributed by atoms with Crippen LogP contribution in [0.25, 0.3) is 0 Å². The van der Waals surface area contributed by atoms with Crippen molar-refractivity contribution in [3.8, 4) is 0 Å². The van der Waals surface area contributed by atoms with Gasteiger partial charge in [-0.1, -0.05) is 0 Å². The van der Waals surface area contributed by atoms with Gasteiger partial charge in [0.2, 0.25) is 0 Å². The molecule has 2 N–H and O–H groups in total. The minimum absolute atomic E-state index is 0.154. The summed E-state index contributed by atoms with van der Waals surface area (Å²) in [5.41, 5.74) is 5.50. The van der Waals surface area contributed by atoms with E-state index >= 15 is 0 Å². The van der Waals surface area contributed by atoms with E-state index in [0.29, 0.717) is 10.2 Å². The van der Waals surface area contributed by atoms with Gasteiger partial charge in [0, 0.05) is 11.0 Å². The van der Waals surface area contributed by atoms with Crippen LogP contribution in [0.15, 0.2) is 16.6 Å². The number of hydrogen-bond donors (Lipinski definition) is 1. The number of halogens is 3. The number of nitrogens with zero attached hydrogens (tertiary/aromatic N) is 1. The number of aromatic nitrogens is 1. The summed E-state index contributed by atoms with van der Waals surface area (Å²) in [6.07, 6.45) is -2.54. The first kappa shape index (κ1) is 9.54. The summed E-state index contributed by atoms with van der Waals surface area (Å²) in [4.78, 5) is 3.67. The maximum absolute atomic E-state index is 12.1. The molecule has 0 aliphatic rings. The zero-order chi connectivity index (χ0) is 9.14. The minimum atomic E-state index is -2.54. The standard InChI is InChI=1S/C7H7BrF2N2/c8-4-1-2-5(7(9)10)12-6(4)3-11/h1-2,7H,3,11H2. The summed E-state index contributed by atoms with van der Waals surface area (Å²) < 4.78 is 24.9. The van der Waals surface area contributed by atoms with E-state index in [1.54, 1.807) is 0 Å². The molecule has 0 radical (unpaired) electrons. The van der Waals surface area contributed by atoms with Gasteiger partial charge in [-0.25, -0.2) is 13.8 Å². The van der Waals surface area contributed by atoms with Gasteiger partial charge in [-0.3, -0.25) is 0 Å². The number of alkyl halides is 2. The first-order valence-corrected chi connectivity index (χ1v) is 4.08. The molecule has 0 spiro atoms. The zero-order valence-corrected chi connectivity index (χ0v) is 7.68. The molecule has 2 nitrogen and oxygen atoms in total. The highest BCUT2D eigenvalue weighted by Gasteiger charge is 2.10. The lowest BCUT2D eigenvalue weighted by atomic mass is 10.3. The Balaban J connectivity index is 3.05. The molecule has 0 unspecified atom stereocenters. The van der Waals surface area contributed by atoms with Crippen molar-refractivity contribution in [3.05, 3.63) is 28.0 Å². The van der Waals surface area contributed by atoms with Crippen LogP contribution in [-0.4, -0.2) is 4.98 Å². The van der Waals surface area contributed by atoms with Crippen molar-refractivity contribution >= 4 is 15.9 Å². The maximum atomic E-state index is 12.1. The van der Waals surface area contributed by atoms with Gasteiger partial charge in [-0.15, -0.1) is 0 Å². The average molecular weight is 237 g/mol. The highest BCUT2D eigenvalue weighted by Crippen LogP contribution is 2.20. The van der Waals surface area contributed by atoms with Crippen LogP contribution in [0.2, 0.25) is 0 Å². The third-order valence-corrected chi connectivity index (χ3v) is 2.08. The van der Waals surface area contributed by atoms with Gasteiger partial charge in [0.05, 0.1) is 5.69 Å². The van der Waals surface area contributed by atoms with E-state index in [0.717, 1.165) is 0 Å². The monoisotopic (exact) mass is 236 g/mol. The molecule has 0 fully saturated rings. The summed E-state index contributed by atoms with van der Waals surface area (Å²) in [6, 6.07) is 2.80. The van der Waals surface area contributed by atoms with Crippen molar-refractivity contribution in [1.82, 2.24) is 4.98 Å². The van der Waals surface area contributed by atoms with Crippen LogP contribution in [-0.2, 0) is 6.54 Å². The second-order valence-electron chi connectivity index (χ2n) is 2.17. The van der Waals surface area contributed by atoms with Crippen LogP contribution in [0.3, 0.4) is 0 Å². The summed E-state index contributed by atoms with van der Waals surface area (Å²) in [6.45, 7) is 0.154. The second kappa shape index (κ2) is 3.91. The van der Waals surface area contributed by atoms with Crippen molar-refractivity contribution in [2.75, 3.05) is 0 Å². The molecule has 1 aromatic heterocycles.